The van der Waals surface area contributed by atoms with E-state index in [0.29, 0.717) is 24.0 Å². The molecular formula is C18H21ClFNO3. The molecule has 1 N–H and O–H groups in total. The van der Waals surface area contributed by atoms with Crippen LogP contribution in [0.25, 0.3) is 0 Å². The van der Waals surface area contributed by atoms with Gasteiger partial charge in [0.1, 0.15) is 11.6 Å². The van der Waals surface area contributed by atoms with Crippen molar-refractivity contribution in [3.63, 3.8) is 0 Å². The molecule has 0 radical (unpaired) electrons. The molecule has 130 valence electrons. The van der Waals surface area contributed by atoms with Crippen LogP contribution in [0.1, 0.15) is 46.5 Å². The molecule has 1 aromatic rings. The van der Waals surface area contributed by atoms with Crippen molar-refractivity contribution < 1.29 is 19.0 Å². The van der Waals surface area contributed by atoms with Crippen LogP contribution in [-0.4, -0.2) is 22.8 Å². The number of hydrogen-bond donors (Lipinski definition) is 1. The summed E-state index contributed by atoms with van der Waals surface area (Å²) in [6.07, 6.45) is 2.93. The molecule has 2 aliphatic rings. The van der Waals surface area contributed by atoms with E-state index in [1.54, 1.807) is 0 Å². The monoisotopic (exact) mass is 353 g/mol. The largest absolute Gasteiger partial charge is 0.489 e. The average Bonchev–Trinajstić information content (AvgIpc) is 2.70. The highest BCUT2D eigenvalue weighted by Crippen LogP contribution is 2.46. The molecule has 1 atom stereocenters. The van der Waals surface area contributed by atoms with Crippen LogP contribution >= 0.6 is 11.6 Å². The molecule has 1 unspecified atom stereocenters. The van der Waals surface area contributed by atoms with Crippen LogP contribution in [0.3, 0.4) is 0 Å². The van der Waals surface area contributed by atoms with Crippen LogP contribution in [0.5, 0.6) is 5.75 Å². The van der Waals surface area contributed by atoms with Crippen molar-refractivity contribution in [2.24, 2.45) is 0 Å². The quantitative estimate of drug-likeness (QED) is 0.886. The predicted octanol–water partition coefficient (Wildman–Crippen LogP) is 4.19. The van der Waals surface area contributed by atoms with E-state index < -0.39 is 11.5 Å². The van der Waals surface area contributed by atoms with Gasteiger partial charge in [-0.2, -0.15) is 0 Å². The molecule has 0 saturated heterocycles. The molecule has 0 fully saturated rings. The Balaban J connectivity index is 2.07. The maximum absolute atomic E-state index is 14.6. The minimum atomic E-state index is -1.53. The summed E-state index contributed by atoms with van der Waals surface area (Å²) in [6.45, 7) is 5.20. The van der Waals surface area contributed by atoms with E-state index in [1.165, 1.54) is 13.0 Å². The number of aliphatic hydroxyl groups is 1. The third kappa shape index (κ3) is 2.70. The molecule has 1 aliphatic carbocycles. The lowest BCUT2D eigenvalue weighted by Crippen LogP contribution is -2.46. The number of anilines is 1. The fourth-order valence-corrected chi connectivity index (χ4v) is 3.70. The number of benzene rings is 1. The third-order valence-corrected chi connectivity index (χ3v) is 4.84. The zero-order valence-corrected chi connectivity index (χ0v) is 14.8. The topological polar surface area (TPSA) is 49.8 Å². The zero-order valence-electron chi connectivity index (χ0n) is 14.0. The first-order valence-corrected chi connectivity index (χ1v) is 8.56. The molecule has 6 heteroatoms. The molecule has 0 spiro atoms. The first kappa shape index (κ1) is 17.2. The van der Waals surface area contributed by atoms with E-state index in [2.05, 4.69) is 0 Å². The van der Waals surface area contributed by atoms with Crippen LogP contribution < -0.4 is 9.64 Å². The molecular weight excluding hydrogens is 333 g/mol. The summed E-state index contributed by atoms with van der Waals surface area (Å²) in [5.74, 6) is -0.715. The first-order chi connectivity index (χ1) is 11.2. The molecule has 4 nitrogen and oxygen atoms in total. The summed E-state index contributed by atoms with van der Waals surface area (Å²) in [4.78, 5) is 13.9. The van der Waals surface area contributed by atoms with Crippen LogP contribution in [0, 0.1) is 5.82 Å². The summed E-state index contributed by atoms with van der Waals surface area (Å²) in [5.41, 5.74) is -0.248. The highest BCUT2D eigenvalue weighted by atomic mass is 35.5. The molecule has 3 rings (SSSR count). The van der Waals surface area contributed by atoms with E-state index in [9.17, 15) is 14.3 Å². The zero-order chi connectivity index (χ0) is 17.6. The number of halogens is 2. The van der Waals surface area contributed by atoms with Crippen LogP contribution in [0.4, 0.5) is 10.1 Å². The SMILES string of the molecule is CC(C)Oc1cc(N2C(=O)C3=C(CCCC3)C2(C)O)c(F)cc1Cl. The number of ether oxygens (including phenoxy) is 1. The maximum atomic E-state index is 14.6. The molecule has 1 amide bonds. The van der Waals surface area contributed by atoms with Gasteiger partial charge >= 0.3 is 0 Å². The lowest BCUT2D eigenvalue weighted by atomic mass is 9.89. The van der Waals surface area contributed by atoms with Crippen molar-refractivity contribution in [3.8, 4) is 5.75 Å². The normalized spacial score (nSPS) is 24.0. The van der Waals surface area contributed by atoms with Crippen LogP contribution in [0.2, 0.25) is 5.02 Å². The van der Waals surface area contributed by atoms with Gasteiger partial charge in [0, 0.05) is 11.6 Å². The van der Waals surface area contributed by atoms with Gasteiger partial charge in [0.15, 0.2) is 5.72 Å². The second-order valence-electron chi connectivity index (χ2n) is 6.73. The number of carbonyl (C=O) groups excluding carboxylic acids is 1. The van der Waals surface area contributed by atoms with Gasteiger partial charge < -0.3 is 9.84 Å². The van der Waals surface area contributed by atoms with Crippen LogP contribution in [-0.2, 0) is 4.79 Å². The van der Waals surface area contributed by atoms with Gasteiger partial charge in [0.25, 0.3) is 5.91 Å². The lowest BCUT2D eigenvalue weighted by molar-refractivity contribution is -0.116. The standard InChI is InChI=1S/C18H21ClFNO3/c1-10(2)24-16-9-15(14(20)8-13(16)19)21-17(22)11-6-4-5-7-12(11)18(21,3)23/h8-10,23H,4-7H2,1-3H3. The van der Waals surface area contributed by atoms with Crippen molar-refractivity contribution in [3.05, 3.63) is 34.1 Å². The fraction of sp³-hybridized carbons (Fsp3) is 0.500. The van der Waals surface area contributed by atoms with E-state index in [4.69, 9.17) is 16.3 Å². The highest BCUT2D eigenvalue weighted by molar-refractivity contribution is 6.32. The second-order valence-corrected chi connectivity index (χ2v) is 7.13. The van der Waals surface area contributed by atoms with Gasteiger partial charge in [-0.05, 0) is 58.1 Å². The Morgan fingerprint density at radius 3 is 2.62 bits per heavy atom. The average molecular weight is 354 g/mol. The molecule has 24 heavy (non-hydrogen) atoms. The molecule has 1 aromatic carbocycles. The van der Waals surface area contributed by atoms with Gasteiger partial charge in [-0.3, -0.25) is 9.69 Å². The van der Waals surface area contributed by atoms with E-state index in [1.807, 2.05) is 13.8 Å². The predicted molar refractivity (Wildman–Crippen MR) is 90.8 cm³/mol. The third-order valence-electron chi connectivity index (χ3n) is 4.54. The first-order valence-electron chi connectivity index (χ1n) is 8.18. The van der Waals surface area contributed by atoms with Gasteiger partial charge in [-0.15, -0.1) is 0 Å². The number of nitrogens with zero attached hydrogens (tertiary/aromatic N) is 1. The van der Waals surface area contributed by atoms with Gasteiger partial charge in [0.2, 0.25) is 0 Å². The van der Waals surface area contributed by atoms with Gasteiger partial charge in [-0.1, -0.05) is 11.6 Å². The Kier molecular flexibility index (Phi) is 4.34. The summed E-state index contributed by atoms with van der Waals surface area (Å²) in [5, 5.41) is 11.1. The highest BCUT2D eigenvalue weighted by Gasteiger charge is 2.49. The van der Waals surface area contributed by atoms with Gasteiger partial charge in [-0.25, -0.2) is 4.39 Å². The summed E-state index contributed by atoms with van der Waals surface area (Å²) in [6, 6.07) is 2.51. The van der Waals surface area contributed by atoms with Crippen molar-refractivity contribution >= 4 is 23.2 Å². The second kappa shape index (κ2) is 6.05. The van der Waals surface area contributed by atoms with E-state index in [-0.39, 0.29) is 28.5 Å². The lowest BCUT2D eigenvalue weighted by Gasteiger charge is -2.33. The van der Waals surface area contributed by atoms with Crippen molar-refractivity contribution in [1.29, 1.82) is 0 Å². The smallest absolute Gasteiger partial charge is 0.257 e. The van der Waals surface area contributed by atoms with Crippen molar-refractivity contribution in [2.45, 2.75) is 58.3 Å². The molecule has 0 aromatic heterocycles. The number of hydrogen-bond acceptors (Lipinski definition) is 3. The van der Waals surface area contributed by atoms with Crippen LogP contribution in [0.15, 0.2) is 23.3 Å². The molecule has 0 saturated carbocycles. The summed E-state index contributed by atoms with van der Waals surface area (Å²) < 4.78 is 20.1. The Hall–Kier alpha value is -1.59. The van der Waals surface area contributed by atoms with Crippen molar-refractivity contribution in [2.75, 3.05) is 4.90 Å². The Labute approximate surface area is 145 Å². The van der Waals surface area contributed by atoms with E-state index in [0.717, 1.165) is 23.8 Å². The number of carbonyl (C=O) groups is 1. The molecule has 1 heterocycles. The Bertz CT molecular complexity index is 727. The molecule has 0 bridgehead atoms. The number of amides is 1. The summed E-state index contributed by atoms with van der Waals surface area (Å²) in [7, 11) is 0. The Morgan fingerprint density at radius 1 is 1.33 bits per heavy atom. The summed E-state index contributed by atoms with van der Waals surface area (Å²) >= 11 is 6.04. The Morgan fingerprint density at radius 2 is 2.00 bits per heavy atom. The van der Waals surface area contributed by atoms with Crippen molar-refractivity contribution in [1.82, 2.24) is 0 Å². The minimum Gasteiger partial charge on any atom is -0.489 e. The minimum absolute atomic E-state index is 0.0144. The number of rotatable bonds is 3. The fourth-order valence-electron chi connectivity index (χ4n) is 3.51. The maximum Gasteiger partial charge on any atom is 0.257 e. The molecule has 1 aliphatic heterocycles. The van der Waals surface area contributed by atoms with E-state index >= 15 is 0 Å². The van der Waals surface area contributed by atoms with Gasteiger partial charge in [0.05, 0.1) is 16.8 Å².